The Morgan fingerprint density at radius 1 is 0.812 bits per heavy atom. The maximum atomic E-state index is 5.90. The van der Waals surface area contributed by atoms with E-state index < -0.39 is 0 Å². The molecule has 5 rings (SSSR count). The molecule has 1 aliphatic rings. The first kappa shape index (κ1) is 20.5. The molecule has 1 saturated heterocycles. The Hall–Kier alpha value is -3.44. The van der Waals surface area contributed by atoms with E-state index >= 15 is 0 Å². The van der Waals surface area contributed by atoms with Gasteiger partial charge in [0, 0.05) is 29.5 Å². The molecule has 0 bridgehead atoms. The molecule has 160 valence electrons. The largest absolute Gasteiger partial charge is 0.351 e. The minimum Gasteiger partial charge on any atom is -0.351 e. The number of thiocarbonyl (C=S) groups is 1. The molecule has 5 heteroatoms. The molecule has 0 saturated carbocycles. The lowest BCUT2D eigenvalue weighted by Gasteiger charge is -2.29. The second-order valence-corrected chi connectivity index (χ2v) is 8.87. The van der Waals surface area contributed by atoms with Gasteiger partial charge in [-0.1, -0.05) is 24.3 Å². The van der Waals surface area contributed by atoms with Crippen molar-refractivity contribution >= 4 is 23.0 Å². The number of hydrogen-bond donors (Lipinski definition) is 1. The van der Waals surface area contributed by atoms with Gasteiger partial charge in [0.25, 0.3) is 0 Å². The van der Waals surface area contributed by atoms with Crippen LogP contribution < -0.4 is 10.2 Å². The average molecular weight is 439 g/mol. The molecular weight excluding hydrogens is 412 g/mol. The van der Waals surface area contributed by atoms with E-state index in [0.717, 1.165) is 22.8 Å². The fourth-order valence-electron chi connectivity index (χ4n) is 4.67. The fourth-order valence-corrected chi connectivity index (χ4v) is 5.02. The lowest BCUT2D eigenvalue weighted by molar-refractivity contribution is 0.549. The highest BCUT2D eigenvalue weighted by Gasteiger charge is 2.42. The van der Waals surface area contributed by atoms with Gasteiger partial charge in [-0.05, 0) is 98.2 Å². The predicted molar refractivity (Wildman–Crippen MR) is 134 cm³/mol. The van der Waals surface area contributed by atoms with Gasteiger partial charge in [0.1, 0.15) is 6.04 Å². The molecule has 2 aromatic heterocycles. The zero-order valence-electron chi connectivity index (χ0n) is 18.5. The number of pyridine rings is 1. The number of benzene rings is 2. The van der Waals surface area contributed by atoms with Gasteiger partial charge in [0.05, 0.1) is 11.7 Å². The summed E-state index contributed by atoms with van der Waals surface area (Å²) in [5.74, 6) is 0. The Kier molecular flexibility index (Phi) is 5.27. The summed E-state index contributed by atoms with van der Waals surface area (Å²) in [4.78, 5) is 6.92. The van der Waals surface area contributed by atoms with E-state index in [1.165, 1.54) is 16.7 Å². The Balaban J connectivity index is 1.69. The topological polar surface area (TPSA) is 33.1 Å². The molecule has 0 unspecified atom stereocenters. The first-order valence-electron chi connectivity index (χ1n) is 10.8. The van der Waals surface area contributed by atoms with E-state index in [4.69, 9.17) is 12.2 Å². The van der Waals surface area contributed by atoms with Crippen LogP contribution in [0, 0.1) is 20.8 Å². The summed E-state index contributed by atoms with van der Waals surface area (Å²) >= 11 is 5.90. The van der Waals surface area contributed by atoms with Gasteiger partial charge in [-0.15, -0.1) is 0 Å². The molecule has 4 nitrogen and oxygen atoms in total. The lowest BCUT2D eigenvalue weighted by Crippen LogP contribution is -2.30. The van der Waals surface area contributed by atoms with Crippen molar-refractivity contribution in [1.82, 2.24) is 14.9 Å². The molecule has 2 aromatic carbocycles. The molecule has 4 aromatic rings. The van der Waals surface area contributed by atoms with Crippen molar-refractivity contribution in [2.45, 2.75) is 32.9 Å². The molecule has 0 aliphatic carbocycles. The molecule has 32 heavy (non-hydrogen) atoms. The fraction of sp³-hybridized carbons (Fsp3) is 0.185. The van der Waals surface area contributed by atoms with E-state index in [9.17, 15) is 0 Å². The molecule has 2 atom stereocenters. The van der Waals surface area contributed by atoms with Crippen molar-refractivity contribution in [3.8, 4) is 5.69 Å². The Morgan fingerprint density at radius 3 is 2.31 bits per heavy atom. The number of rotatable bonds is 4. The molecule has 0 radical (unpaired) electrons. The Morgan fingerprint density at radius 2 is 1.59 bits per heavy atom. The molecule has 1 aliphatic heterocycles. The highest BCUT2D eigenvalue weighted by Crippen LogP contribution is 2.42. The smallest absolute Gasteiger partial charge is 0.174 e. The molecular formula is C27H26N4S. The van der Waals surface area contributed by atoms with Gasteiger partial charge in [-0.2, -0.15) is 0 Å². The van der Waals surface area contributed by atoms with Crippen LogP contribution in [0.4, 0.5) is 5.69 Å². The van der Waals surface area contributed by atoms with Crippen molar-refractivity contribution in [2.75, 3.05) is 4.90 Å². The predicted octanol–water partition coefficient (Wildman–Crippen LogP) is 5.97. The van der Waals surface area contributed by atoms with E-state index in [-0.39, 0.29) is 12.1 Å². The van der Waals surface area contributed by atoms with Crippen LogP contribution in [0.25, 0.3) is 5.69 Å². The third-order valence-corrected chi connectivity index (χ3v) is 6.26. The Bertz CT molecular complexity index is 1260. The monoisotopic (exact) mass is 438 g/mol. The van der Waals surface area contributed by atoms with E-state index in [1.807, 2.05) is 18.3 Å². The van der Waals surface area contributed by atoms with Crippen LogP contribution in [0.5, 0.6) is 0 Å². The SMILES string of the molecule is Cc1cc(C)cc(N2C(=S)N[C@@H](c3ccccn3)[C@@H]2c2cccn2-c2cccc(C)c2)c1. The van der Waals surface area contributed by atoms with Gasteiger partial charge in [-0.25, -0.2) is 0 Å². The van der Waals surface area contributed by atoms with Crippen LogP contribution in [0.3, 0.4) is 0 Å². The van der Waals surface area contributed by atoms with Crippen molar-refractivity contribution in [3.05, 3.63) is 113 Å². The van der Waals surface area contributed by atoms with Crippen LogP contribution in [0.15, 0.2) is 85.2 Å². The van der Waals surface area contributed by atoms with E-state index in [2.05, 4.69) is 107 Å². The van der Waals surface area contributed by atoms with Crippen LogP contribution in [-0.4, -0.2) is 14.7 Å². The zero-order chi connectivity index (χ0) is 22.2. The van der Waals surface area contributed by atoms with Gasteiger partial charge < -0.3 is 14.8 Å². The van der Waals surface area contributed by atoms with Crippen LogP contribution in [0.1, 0.15) is 40.2 Å². The van der Waals surface area contributed by atoms with E-state index in [1.54, 1.807) is 0 Å². The average Bonchev–Trinajstić information content (AvgIpc) is 3.38. The van der Waals surface area contributed by atoms with Gasteiger partial charge in [0.2, 0.25) is 0 Å². The maximum Gasteiger partial charge on any atom is 0.174 e. The number of hydrogen-bond acceptors (Lipinski definition) is 2. The minimum atomic E-state index is -0.0667. The summed E-state index contributed by atoms with van der Waals surface area (Å²) in [5, 5.41) is 4.28. The number of nitrogens with zero attached hydrogens (tertiary/aromatic N) is 3. The summed E-state index contributed by atoms with van der Waals surface area (Å²) in [7, 11) is 0. The molecule has 1 fully saturated rings. The summed E-state index contributed by atoms with van der Waals surface area (Å²) < 4.78 is 2.26. The highest BCUT2D eigenvalue weighted by molar-refractivity contribution is 7.80. The van der Waals surface area contributed by atoms with Crippen LogP contribution >= 0.6 is 12.2 Å². The lowest BCUT2D eigenvalue weighted by atomic mass is 10.00. The molecule has 3 heterocycles. The third-order valence-electron chi connectivity index (χ3n) is 5.95. The van der Waals surface area contributed by atoms with Crippen molar-refractivity contribution in [1.29, 1.82) is 0 Å². The zero-order valence-corrected chi connectivity index (χ0v) is 19.3. The number of nitrogens with one attached hydrogen (secondary N) is 1. The maximum absolute atomic E-state index is 5.90. The summed E-state index contributed by atoms with van der Waals surface area (Å²) in [6, 6.07) is 25.4. The standard InChI is InChI=1S/C27H26N4S/c1-18-8-6-9-21(15-18)30-13-7-11-24(30)26-25(23-10-4-5-12-28-23)29-27(32)31(26)22-16-19(2)14-20(3)17-22/h4-17,25-26H,1-3H3,(H,29,32)/t25-,26-/m0/s1. The molecule has 0 amide bonds. The Labute approximate surface area is 194 Å². The van der Waals surface area contributed by atoms with Crippen LogP contribution in [0.2, 0.25) is 0 Å². The normalized spacial score (nSPS) is 18.1. The van der Waals surface area contributed by atoms with Crippen LogP contribution in [-0.2, 0) is 0 Å². The van der Waals surface area contributed by atoms with Gasteiger partial charge in [-0.3, -0.25) is 4.98 Å². The molecule has 1 N–H and O–H groups in total. The molecule has 0 spiro atoms. The first-order valence-corrected chi connectivity index (χ1v) is 11.3. The minimum absolute atomic E-state index is 0.0471. The first-order chi connectivity index (χ1) is 15.5. The second-order valence-electron chi connectivity index (χ2n) is 8.48. The van der Waals surface area contributed by atoms with E-state index in [0.29, 0.717) is 5.11 Å². The summed E-state index contributed by atoms with van der Waals surface area (Å²) in [6.45, 7) is 6.38. The quantitative estimate of drug-likeness (QED) is 0.398. The number of anilines is 1. The number of aromatic nitrogens is 2. The number of aryl methyl sites for hydroxylation is 3. The van der Waals surface area contributed by atoms with Crippen molar-refractivity contribution < 1.29 is 0 Å². The second kappa shape index (κ2) is 8.24. The summed E-state index contributed by atoms with van der Waals surface area (Å²) in [6.07, 6.45) is 3.97. The van der Waals surface area contributed by atoms with Crippen molar-refractivity contribution in [3.63, 3.8) is 0 Å². The van der Waals surface area contributed by atoms with Crippen molar-refractivity contribution in [2.24, 2.45) is 0 Å². The van der Waals surface area contributed by atoms with Gasteiger partial charge >= 0.3 is 0 Å². The highest BCUT2D eigenvalue weighted by atomic mass is 32.1. The summed E-state index contributed by atoms with van der Waals surface area (Å²) in [5.41, 5.74) is 8.05. The van der Waals surface area contributed by atoms with Gasteiger partial charge in [0.15, 0.2) is 5.11 Å². The third kappa shape index (κ3) is 3.69.